The summed E-state index contributed by atoms with van der Waals surface area (Å²) in [6, 6.07) is 0. The number of hydrogen-bond donors (Lipinski definition) is 1. The van der Waals surface area contributed by atoms with Crippen molar-refractivity contribution in [3.05, 3.63) is 109 Å². The second-order valence-corrected chi connectivity index (χ2v) is 19.2. The molecule has 0 aliphatic carbocycles. The van der Waals surface area contributed by atoms with E-state index in [0.29, 0.717) is 23.9 Å². The molecule has 0 aliphatic heterocycles. The molecule has 9 nitrogen and oxygen atoms in total. The summed E-state index contributed by atoms with van der Waals surface area (Å²) in [7, 11) is 5.94. The molecule has 0 amide bonds. The molecular formula is C61H102NO8+. The normalized spacial score (nSPS) is 13.7. The second-order valence-electron chi connectivity index (χ2n) is 19.2. The molecule has 0 saturated heterocycles. The molecule has 0 rings (SSSR count). The first-order valence-electron chi connectivity index (χ1n) is 27.6. The minimum atomic E-state index is -1.53. The van der Waals surface area contributed by atoms with Crippen molar-refractivity contribution in [2.24, 2.45) is 0 Å². The maximum absolute atomic E-state index is 12.8. The van der Waals surface area contributed by atoms with Crippen molar-refractivity contribution < 1.29 is 42.9 Å². The number of carboxylic acids is 1. The molecule has 0 bridgehead atoms. The highest BCUT2D eigenvalue weighted by atomic mass is 16.7. The molecule has 0 aromatic heterocycles. The van der Waals surface area contributed by atoms with Gasteiger partial charge in [-0.05, 0) is 77.0 Å². The van der Waals surface area contributed by atoms with Crippen LogP contribution in [0.3, 0.4) is 0 Å². The van der Waals surface area contributed by atoms with Gasteiger partial charge in [0.15, 0.2) is 6.10 Å². The molecule has 0 fully saturated rings. The molecule has 0 aliphatic rings. The first-order chi connectivity index (χ1) is 34.1. The lowest BCUT2D eigenvalue weighted by molar-refractivity contribution is -0.870. The lowest BCUT2D eigenvalue weighted by atomic mass is 10.0. The fourth-order valence-corrected chi connectivity index (χ4v) is 7.07. The molecule has 2 unspecified atom stereocenters. The molecule has 2 atom stereocenters. The predicted molar refractivity (Wildman–Crippen MR) is 295 cm³/mol. The SMILES string of the molecule is CC/C=C\C/C=C\C/C=C\C/C=C\C/C=C\C/C=C\C/C=C\C/C=C\C/C=C\CCCC(=O)OC(COC(=O)CCCCCCCCCCCCCCCCCC)COC(OCC[N+](C)(C)C)C(=O)O. The topological polar surface area (TPSA) is 108 Å². The number of carboxylic acid groups (broad SMARTS) is 1. The van der Waals surface area contributed by atoms with Crippen molar-refractivity contribution in [3.8, 4) is 0 Å². The van der Waals surface area contributed by atoms with Crippen LogP contribution < -0.4 is 0 Å². The molecule has 0 aromatic carbocycles. The number of allylic oxidation sites excluding steroid dienone is 18. The fourth-order valence-electron chi connectivity index (χ4n) is 7.07. The molecule has 1 N–H and O–H groups in total. The summed E-state index contributed by atoms with van der Waals surface area (Å²) in [5.41, 5.74) is 0. The smallest absolute Gasteiger partial charge is 0.361 e. The zero-order chi connectivity index (χ0) is 51.3. The number of ether oxygens (including phenoxy) is 4. The van der Waals surface area contributed by atoms with E-state index in [9.17, 15) is 19.5 Å². The number of carbonyl (C=O) groups is 3. The van der Waals surface area contributed by atoms with Gasteiger partial charge < -0.3 is 28.5 Å². The number of quaternary nitrogens is 1. The van der Waals surface area contributed by atoms with Crippen molar-refractivity contribution in [2.45, 2.75) is 212 Å². The molecule has 0 aromatic rings. The van der Waals surface area contributed by atoms with Gasteiger partial charge in [0.25, 0.3) is 6.29 Å². The van der Waals surface area contributed by atoms with Gasteiger partial charge in [0.1, 0.15) is 13.2 Å². The van der Waals surface area contributed by atoms with Gasteiger partial charge >= 0.3 is 17.9 Å². The first-order valence-corrected chi connectivity index (χ1v) is 27.6. The molecule has 0 radical (unpaired) electrons. The van der Waals surface area contributed by atoms with Crippen molar-refractivity contribution in [1.82, 2.24) is 0 Å². The number of unbranched alkanes of at least 4 members (excludes halogenated alkanes) is 16. The second kappa shape index (κ2) is 51.3. The van der Waals surface area contributed by atoms with Gasteiger partial charge in [0.2, 0.25) is 0 Å². The Morgan fingerprint density at radius 3 is 1.20 bits per heavy atom. The molecular weight excluding hydrogens is 875 g/mol. The molecule has 0 spiro atoms. The highest BCUT2D eigenvalue weighted by Crippen LogP contribution is 2.15. The van der Waals surface area contributed by atoms with Gasteiger partial charge in [0.05, 0.1) is 34.4 Å². The Morgan fingerprint density at radius 2 is 0.814 bits per heavy atom. The average Bonchev–Trinajstić information content (AvgIpc) is 3.33. The molecule has 9 heteroatoms. The van der Waals surface area contributed by atoms with E-state index in [1.54, 1.807) is 0 Å². The minimum Gasteiger partial charge on any atom is -0.477 e. The molecule has 0 saturated carbocycles. The van der Waals surface area contributed by atoms with E-state index in [4.69, 9.17) is 18.9 Å². The Kier molecular flexibility index (Phi) is 48.3. The van der Waals surface area contributed by atoms with Gasteiger partial charge in [0, 0.05) is 12.8 Å². The van der Waals surface area contributed by atoms with Crippen LogP contribution in [0.4, 0.5) is 0 Å². The maximum Gasteiger partial charge on any atom is 0.361 e. The zero-order valence-corrected chi connectivity index (χ0v) is 45.1. The van der Waals surface area contributed by atoms with Gasteiger partial charge in [-0.2, -0.15) is 0 Å². The van der Waals surface area contributed by atoms with Crippen LogP contribution >= 0.6 is 0 Å². The highest BCUT2D eigenvalue weighted by Gasteiger charge is 2.25. The third kappa shape index (κ3) is 51.8. The number of nitrogens with zero attached hydrogens (tertiary/aromatic N) is 1. The number of likely N-dealkylation sites (N-methyl/N-ethyl adjacent to an activating group) is 1. The Morgan fingerprint density at radius 1 is 0.443 bits per heavy atom. The van der Waals surface area contributed by atoms with Crippen LogP contribution in [0, 0.1) is 0 Å². The van der Waals surface area contributed by atoms with E-state index >= 15 is 0 Å². The van der Waals surface area contributed by atoms with Gasteiger partial charge in [-0.25, -0.2) is 4.79 Å². The Bertz CT molecular complexity index is 1510. The van der Waals surface area contributed by atoms with Gasteiger partial charge in [-0.1, -0.05) is 220 Å². The van der Waals surface area contributed by atoms with Crippen LogP contribution in [0.5, 0.6) is 0 Å². The van der Waals surface area contributed by atoms with Crippen LogP contribution in [0.1, 0.15) is 200 Å². The summed E-state index contributed by atoms with van der Waals surface area (Å²) in [4.78, 5) is 37.3. The molecule has 70 heavy (non-hydrogen) atoms. The van der Waals surface area contributed by atoms with Crippen LogP contribution in [0.25, 0.3) is 0 Å². The number of esters is 2. The quantitative estimate of drug-likeness (QED) is 0.0211. The van der Waals surface area contributed by atoms with Gasteiger partial charge in [-0.15, -0.1) is 0 Å². The third-order valence-corrected chi connectivity index (χ3v) is 11.3. The third-order valence-electron chi connectivity index (χ3n) is 11.3. The van der Waals surface area contributed by atoms with Gasteiger partial charge in [-0.3, -0.25) is 9.59 Å². The van der Waals surface area contributed by atoms with E-state index in [1.807, 2.05) is 21.1 Å². The van der Waals surface area contributed by atoms with E-state index in [2.05, 4.69) is 123 Å². The lowest BCUT2D eigenvalue weighted by Gasteiger charge is -2.25. The summed E-state index contributed by atoms with van der Waals surface area (Å²) in [5.74, 6) is -2.09. The van der Waals surface area contributed by atoms with Crippen LogP contribution in [-0.4, -0.2) is 87.4 Å². The van der Waals surface area contributed by atoms with E-state index < -0.39 is 24.3 Å². The predicted octanol–water partition coefficient (Wildman–Crippen LogP) is 15.9. The fraction of sp³-hybridized carbons (Fsp3) is 0.656. The summed E-state index contributed by atoms with van der Waals surface area (Å²) < 4.78 is 22.8. The largest absolute Gasteiger partial charge is 0.477 e. The maximum atomic E-state index is 12.8. The van der Waals surface area contributed by atoms with E-state index in [0.717, 1.165) is 77.0 Å². The lowest BCUT2D eigenvalue weighted by Crippen LogP contribution is -2.40. The van der Waals surface area contributed by atoms with Crippen molar-refractivity contribution >= 4 is 17.9 Å². The summed E-state index contributed by atoms with van der Waals surface area (Å²) >= 11 is 0. The van der Waals surface area contributed by atoms with Crippen LogP contribution in [0.15, 0.2) is 109 Å². The molecule has 0 heterocycles. The average molecular weight is 977 g/mol. The first kappa shape index (κ1) is 66.0. The highest BCUT2D eigenvalue weighted by molar-refractivity contribution is 5.71. The minimum absolute atomic E-state index is 0.172. The zero-order valence-electron chi connectivity index (χ0n) is 45.1. The number of carbonyl (C=O) groups excluding carboxylic acids is 2. The molecule has 398 valence electrons. The summed E-state index contributed by atoms with van der Waals surface area (Å²) in [5, 5.41) is 9.68. The summed E-state index contributed by atoms with van der Waals surface area (Å²) in [6.07, 6.45) is 67.4. The number of rotatable bonds is 49. The van der Waals surface area contributed by atoms with Crippen LogP contribution in [0.2, 0.25) is 0 Å². The Hall–Kier alpha value is -4.05. The number of hydrogen-bond acceptors (Lipinski definition) is 7. The number of aliphatic carboxylic acids is 1. The Labute approximate surface area is 428 Å². The Balaban J connectivity index is 4.42. The monoisotopic (exact) mass is 977 g/mol. The van der Waals surface area contributed by atoms with Crippen molar-refractivity contribution in [2.75, 3.05) is 47.5 Å². The van der Waals surface area contributed by atoms with Crippen molar-refractivity contribution in [3.63, 3.8) is 0 Å². The van der Waals surface area contributed by atoms with Crippen molar-refractivity contribution in [1.29, 1.82) is 0 Å². The van der Waals surface area contributed by atoms with Crippen LogP contribution in [-0.2, 0) is 33.3 Å². The van der Waals surface area contributed by atoms with E-state index in [1.165, 1.54) is 83.5 Å². The van der Waals surface area contributed by atoms with E-state index in [-0.39, 0.29) is 38.6 Å². The standard InChI is InChI=1S/C61H101NO8/c1-6-8-10-12-14-16-18-20-22-24-25-26-27-28-29-30-31-32-33-34-35-36-38-40-42-44-46-48-50-52-59(64)70-57(56-69-61(60(65)66)67-54-53-62(3,4)5)55-68-58(63)51-49-47-45-43-41-39-37-23-21-19-17-15-13-11-9-7-2/h8,10,14,16,20,22,25-26,28-29,31-32,34-35,38,40,44,46,57,61H,6-7,9,11-13,15,17-19,21,23-24,27,30,33,36-37,39,41-43,45,47-56H2,1-5H3/p+1/b10-8-,16-14-,22-20-,26-25-,29-28-,32-31-,35-34-,40-38-,46-44-. The summed E-state index contributed by atoms with van der Waals surface area (Å²) in [6.45, 7) is 4.69.